The first-order valence-corrected chi connectivity index (χ1v) is 13.2. The number of hydrogen-bond donors (Lipinski definition) is 2. The number of fused-ring (bicyclic) bond motifs is 5. The highest BCUT2D eigenvalue weighted by Gasteiger charge is 2.33. The van der Waals surface area contributed by atoms with Crippen molar-refractivity contribution >= 4 is 34.4 Å². The number of rotatable bonds is 5. The fraction of sp³-hybridized carbons (Fsp3) is 0.212. The lowest BCUT2D eigenvalue weighted by atomic mass is 9.75. The Balaban J connectivity index is 1.68. The molecule has 6 nitrogen and oxygen atoms in total. The molecule has 3 aromatic carbocycles. The zero-order chi connectivity index (χ0) is 27.3. The summed E-state index contributed by atoms with van der Waals surface area (Å²) in [6.45, 7) is 1.70. The maximum absolute atomic E-state index is 12.7. The number of aromatic carboxylic acids is 1. The minimum Gasteiger partial charge on any atom is -0.481 e. The molecule has 1 heterocycles. The number of carboxylic acid groups (broad SMARTS) is 2. The van der Waals surface area contributed by atoms with Gasteiger partial charge in [0.25, 0.3) is 5.56 Å². The molecule has 1 aromatic heterocycles. The highest BCUT2D eigenvalue weighted by atomic mass is 16.4. The van der Waals surface area contributed by atoms with Gasteiger partial charge in [-0.25, -0.2) is 9.78 Å². The van der Waals surface area contributed by atoms with Crippen molar-refractivity contribution < 1.29 is 19.8 Å². The van der Waals surface area contributed by atoms with Gasteiger partial charge in [-0.05, 0) is 81.3 Å². The Morgan fingerprint density at radius 3 is 2.44 bits per heavy atom. The van der Waals surface area contributed by atoms with Gasteiger partial charge >= 0.3 is 11.9 Å². The Labute approximate surface area is 223 Å². The van der Waals surface area contributed by atoms with E-state index in [9.17, 15) is 24.6 Å². The molecule has 0 aliphatic heterocycles. The Hall–Kier alpha value is -4.58. The van der Waals surface area contributed by atoms with Crippen LogP contribution in [0.2, 0.25) is 0 Å². The van der Waals surface area contributed by atoms with E-state index in [1.54, 1.807) is 25.1 Å². The Kier molecular flexibility index (Phi) is 6.10. The third-order valence-corrected chi connectivity index (χ3v) is 8.20. The molecule has 194 valence electrons. The summed E-state index contributed by atoms with van der Waals surface area (Å²) >= 11 is 0. The summed E-state index contributed by atoms with van der Waals surface area (Å²) in [7, 11) is 0. The normalized spacial score (nSPS) is 15.4. The van der Waals surface area contributed by atoms with E-state index in [2.05, 4.69) is 23.2 Å². The SMILES string of the molecule is CC(C(=O)O)C(C1=c2ccc3c(c2CCC1)CC=c1cc(C(=O)O)ccc1=3)c1nc(=O)ccc2ccccc12. The van der Waals surface area contributed by atoms with Crippen LogP contribution < -0.4 is 16.0 Å². The maximum atomic E-state index is 12.7. The molecule has 0 spiro atoms. The van der Waals surface area contributed by atoms with Crippen LogP contribution in [0.4, 0.5) is 0 Å². The fourth-order valence-electron chi connectivity index (χ4n) is 6.34. The fourth-order valence-corrected chi connectivity index (χ4v) is 6.34. The standard InChI is InChI=1S/C33H27NO5/c1-18(32(36)37)30(31-23-6-3-2-5-19(23)11-16-29(35)34-31)28-8-4-7-24-26-13-9-20-17-21(33(38)39)10-12-22(20)25(26)14-15-27(24)28/h2-3,5-6,9-12,14-18,30H,4,7-8,13H2,1H3,(H,36,37)(H,38,39). The molecule has 4 aromatic rings. The van der Waals surface area contributed by atoms with Crippen molar-refractivity contribution in [1.82, 2.24) is 4.98 Å². The van der Waals surface area contributed by atoms with Gasteiger partial charge in [-0.15, -0.1) is 0 Å². The highest BCUT2D eigenvalue weighted by molar-refractivity contribution is 5.88. The Bertz CT molecular complexity index is 1980. The summed E-state index contributed by atoms with van der Waals surface area (Å²) < 4.78 is 0. The molecule has 2 atom stereocenters. The van der Waals surface area contributed by atoms with Crippen molar-refractivity contribution in [1.29, 1.82) is 0 Å². The third-order valence-electron chi connectivity index (χ3n) is 8.20. The number of benzene rings is 3. The number of hydrogen-bond acceptors (Lipinski definition) is 4. The van der Waals surface area contributed by atoms with E-state index in [0.717, 1.165) is 56.5 Å². The average Bonchev–Trinajstić information content (AvgIpc) is 3.11. The minimum atomic E-state index is -0.947. The second-order valence-electron chi connectivity index (χ2n) is 10.4. The van der Waals surface area contributed by atoms with Crippen LogP contribution in [0.1, 0.15) is 52.9 Å². The number of aromatic nitrogens is 1. The van der Waals surface area contributed by atoms with Crippen LogP contribution in [0.3, 0.4) is 0 Å². The number of carboxylic acids is 2. The lowest BCUT2D eigenvalue weighted by Crippen LogP contribution is -2.30. The molecule has 0 saturated heterocycles. The quantitative estimate of drug-likeness (QED) is 0.416. The van der Waals surface area contributed by atoms with Crippen molar-refractivity contribution in [3.63, 3.8) is 0 Å². The van der Waals surface area contributed by atoms with E-state index in [1.807, 2.05) is 30.3 Å². The van der Waals surface area contributed by atoms with Gasteiger partial charge in [0.2, 0.25) is 0 Å². The molecule has 2 N–H and O–H groups in total. The van der Waals surface area contributed by atoms with E-state index >= 15 is 0 Å². The lowest BCUT2D eigenvalue weighted by molar-refractivity contribution is -0.141. The summed E-state index contributed by atoms with van der Waals surface area (Å²) in [6.07, 6.45) is 5.21. The molecule has 6 heteroatoms. The molecule has 2 aliphatic carbocycles. The summed E-state index contributed by atoms with van der Waals surface area (Å²) in [5.41, 5.74) is 3.78. The van der Waals surface area contributed by atoms with Crippen LogP contribution in [0.15, 0.2) is 71.5 Å². The minimum absolute atomic E-state index is 0.265. The maximum Gasteiger partial charge on any atom is 0.335 e. The zero-order valence-electron chi connectivity index (χ0n) is 21.5. The van der Waals surface area contributed by atoms with E-state index in [4.69, 9.17) is 0 Å². The first-order chi connectivity index (χ1) is 18.8. The predicted octanol–water partition coefficient (Wildman–Crippen LogP) is 3.91. The molecule has 6 rings (SSSR count). The van der Waals surface area contributed by atoms with Crippen molar-refractivity contribution in [2.45, 2.75) is 38.5 Å². The first kappa shape index (κ1) is 24.7. The average molecular weight is 518 g/mol. The molecule has 0 bridgehead atoms. The second-order valence-corrected chi connectivity index (χ2v) is 10.4. The van der Waals surface area contributed by atoms with Crippen LogP contribution >= 0.6 is 0 Å². The molecular formula is C33H27NO5. The number of aliphatic carboxylic acids is 1. The van der Waals surface area contributed by atoms with E-state index in [1.165, 1.54) is 17.2 Å². The van der Waals surface area contributed by atoms with Crippen molar-refractivity contribution in [2.24, 2.45) is 5.92 Å². The summed E-state index contributed by atoms with van der Waals surface area (Å²) in [5, 5.41) is 25.3. The monoisotopic (exact) mass is 517 g/mol. The summed E-state index contributed by atoms with van der Waals surface area (Å²) in [6, 6.07) is 20.2. The molecule has 0 amide bonds. The van der Waals surface area contributed by atoms with Crippen LogP contribution in [-0.2, 0) is 17.6 Å². The Morgan fingerprint density at radius 1 is 0.872 bits per heavy atom. The van der Waals surface area contributed by atoms with Gasteiger partial charge in [-0.1, -0.05) is 61.0 Å². The van der Waals surface area contributed by atoms with Crippen LogP contribution in [0, 0.1) is 16.4 Å². The van der Waals surface area contributed by atoms with Crippen LogP contribution in [-0.4, -0.2) is 27.1 Å². The largest absolute Gasteiger partial charge is 0.481 e. The van der Waals surface area contributed by atoms with Gasteiger partial charge < -0.3 is 10.2 Å². The van der Waals surface area contributed by atoms with Gasteiger partial charge in [0.1, 0.15) is 0 Å². The van der Waals surface area contributed by atoms with Crippen LogP contribution in [0.5, 0.6) is 0 Å². The second kappa shape index (κ2) is 9.62. The summed E-state index contributed by atoms with van der Waals surface area (Å²) in [5.74, 6) is -3.24. The van der Waals surface area contributed by atoms with Gasteiger partial charge in [-0.2, -0.15) is 0 Å². The van der Waals surface area contributed by atoms with Gasteiger partial charge in [-0.3, -0.25) is 9.59 Å². The smallest absolute Gasteiger partial charge is 0.335 e. The molecule has 0 fully saturated rings. The molecule has 0 radical (unpaired) electrons. The van der Waals surface area contributed by atoms with E-state index < -0.39 is 29.3 Å². The van der Waals surface area contributed by atoms with Crippen molar-refractivity contribution in [2.75, 3.05) is 0 Å². The number of carbonyl (C=O) groups is 2. The highest BCUT2D eigenvalue weighted by Crippen LogP contribution is 2.39. The van der Waals surface area contributed by atoms with E-state index in [-0.39, 0.29) is 5.56 Å². The topological polar surface area (TPSA) is 105 Å². The molecule has 39 heavy (non-hydrogen) atoms. The third kappa shape index (κ3) is 4.22. The molecule has 0 saturated carbocycles. The van der Waals surface area contributed by atoms with Gasteiger partial charge in [0, 0.05) is 17.4 Å². The zero-order valence-corrected chi connectivity index (χ0v) is 21.5. The Morgan fingerprint density at radius 2 is 1.64 bits per heavy atom. The first-order valence-electron chi connectivity index (χ1n) is 13.2. The molecule has 2 unspecified atom stereocenters. The van der Waals surface area contributed by atoms with Gasteiger partial charge in [0.05, 0.1) is 17.2 Å². The predicted molar refractivity (Wildman–Crippen MR) is 149 cm³/mol. The van der Waals surface area contributed by atoms with Gasteiger partial charge in [0.15, 0.2) is 0 Å². The molecule has 2 aliphatic rings. The number of nitrogens with zero attached hydrogens (tertiary/aromatic N) is 1. The lowest BCUT2D eigenvalue weighted by Gasteiger charge is -2.28. The summed E-state index contributed by atoms with van der Waals surface area (Å²) in [4.78, 5) is 41.1. The van der Waals surface area contributed by atoms with Crippen molar-refractivity contribution in [3.05, 3.63) is 120 Å². The van der Waals surface area contributed by atoms with E-state index in [0.29, 0.717) is 12.1 Å². The van der Waals surface area contributed by atoms with Crippen LogP contribution in [0.25, 0.3) is 22.4 Å². The molecular weight excluding hydrogens is 490 g/mol. The van der Waals surface area contributed by atoms with Crippen molar-refractivity contribution in [3.8, 4) is 0 Å².